The Morgan fingerprint density at radius 2 is 1.57 bits per heavy atom. The first-order valence-corrected chi connectivity index (χ1v) is 9.58. The molecule has 1 N–H and O–H groups in total. The summed E-state index contributed by atoms with van der Waals surface area (Å²) in [7, 11) is 0. The standard InChI is InChI=1S/C24H23NO3/c26-24(25-16-20-17-27-22-12-6-7-13-23(22)28-20)21-11-5-4-10-19(21)15-14-18-8-2-1-3-9-18/h1-13,20H,14-17H2,(H,25,26). The Balaban J connectivity index is 1.36. The van der Waals surface area contributed by atoms with Gasteiger partial charge in [0.15, 0.2) is 11.5 Å². The molecule has 0 aromatic heterocycles. The van der Waals surface area contributed by atoms with Crippen LogP contribution in [0.25, 0.3) is 0 Å². The third kappa shape index (κ3) is 4.34. The molecule has 3 aromatic rings. The number of carbonyl (C=O) groups excluding carboxylic acids is 1. The zero-order valence-corrected chi connectivity index (χ0v) is 15.6. The molecule has 1 atom stereocenters. The third-order valence-corrected chi connectivity index (χ3v) is 4.85. The van der Waals surface area contributed by atoms with Gasteiger partial charge in [-0.3, -0.25) is 4.79 Å². The van der Waals surface area contributed by atoms with Crippen molar-refractivity contribution in [2.24, 2.45) is 0 Å². The average molecular weight is 373 g/mol. The van der Waals surface area contributed by atoms with Crippen LogP contribution in [-0.2, 0) is 12.8 Å². The quantitative estimate of drug-likeness (QED) is 0.709. The third-order valence-electron chi connectivity index (χ3n) is 4.85. The maximum Gasteiger partial charge on any atom is 0.251 e. The minimum atomic E-state index is -0.199. The van der Waals surface area contributed by atoms with Gasteiger partial charge in [-0.25, -0.2) is 0 Å². The lowest BCUT2D eigenvalue weighted by molar-refractivity contribution is 0.0788. The summed E-state index contributed by atoms with van der Waals surface area (Å²) < 4.78 is 11.6. The Labute approximate surface area is 165 Å². The second kappa shape index (κ2) is 8.61. The number of benzene rings is 3. The van der Waals surface area contributed by atoms with E-state index in [1.54, 1.807) is 0 Å². The molecule has 0 fully saturated rings. The van der Waals surface area contributed by atoms with E-state index in [0.717, 1.165) is 35.5 Å². The highest BCUT2D eigenvalue weighted by Crippen LogP contribution is 2.30. The van der Waals surface area contributed by atoms with E-state index in [2.05, 4.69) is 17.4 Å². The van der Waals surface area contributed by atoms with Crippen molar-refractivity contribution in [2.45, 2.75) is 18.9 Å². The summed E-state index contributed by atoms with van der Waals surface area (Å²) >= 11 is 0. The van der Waals surface area contributed by atoms with E-state index in [1.165, 1.54) is 5.56 Å². The smallest absolute Gasteiger partial charge is 0.251 e. The maximum atomic E-state index is 12.8. The molecule has 0 radical (unpaired) electrons. The molecule has 3 aromatic carbocycles. The Hall–Kier alpha value is -3.27. The molecule has 0 bridgehead atoms. The molecule has 1 aliphatic rings. The van der Waals surface area contributed by atoms with Crippen LogP contribution in [0.2, 0.25) is 0 Å². The second-order valence-electron chi connectivity index (χ2n) is 6.85. The number of hydrogen-bond donors (Lipinski definition) is 1. The Morgan fingerprint density at radius 1 is 0.857 bits per heavy atom. The van der Waals surface area contributed by atoms with Crippen LogP contribution in [0.4, 0.5) is 0 Å². The van der Waals surface area contributed by atoms with E-state index in [4.69, 9.17) is 9.47 Å². The highest BCUT2D eigenvalue weighted by molar-refractivity contribution is 5.95. The van der Waals surface area contributed by atoms with Crippen molar-refractivity contribution in [3.8, 4) is 11.5 Å². The van der Waals surface area contributed by atoms with Crippen LogP contribution < -0.4 is 14.8 Å². The topological polar surface area (TPSA) is 47.6 Å². The van der Waals surface area contributed by atoms with Crippen LogP contribution in [0.15, 0.2) is 78.9 Å². The van der Waals surface area contributed by atoms with Gasteiger partial charge in [0.1, 0.15) is 12.7 Å². The molecule has 1 amide bonds. The predicted molar refractivity (Wildman–Crippen MR) is 109 cm³/mol. The molecule has 0 aliphatic carbocycles. The van der Waals surface area contributed by atoms with Gasteiger partial charge in [0.2, 0.25) is 0 Å². The maximum absolute atomic E-state index is 12.8. The number of ether oxygens (including phenoxy) is 2. The number of nitrogens with one attached hydrogen (secondary N) is 1. The van der Waals surface area contributed by atoms with E-state index in [0.29, 0.717) is 13.2 Å². The summed E-state index contributed by atoms with van der Waals surface area (Å²) in [5, 5.41) is 2.99. The van der Waals surface area contributed by atoms with Crippen LogP contribution in [-0.4, -0.2) is 25.2 Å². The fraction of sp³-hybridized carbons (Fsp3) is 0.208. The molecule has 1 aliphatic heterocycles. The Kier molecular flexibility index (Phi) is 5.57. The van der Waals surface area contributed by atoms with Gasteiger partial charge >= 0.3 is 0 Å². The summed E-state index contributed by atoms with van der Waals surface area (Å²) in [6.07, 6.45) is 1.53. The van der Waals surface area contributed by atoms with E-state index >= 15 is 0 Å². The van der Waals surface area contributed by atoms with E-state index < -0.39 is 0 Å². The molecular formula is C24H23NO3. The van der Waals surface area contributed by atoms with Crippen LogP contribution >= 0.6 is 0 Å². The minimum absolute atomic E-state index is 0.0777. The van der Waals surface area contributed by atoms with Gasteiger partial charge in [-0.2, -0.15) is 0 Å². The monoisotopic (exact) mass is 373 g/mol. The average Bonchev–Trinajstić information content (AvgIpc) is 2.77. The molecule has 0 saturated heterocycles. The lowest BCUT2D eigenvalue weighted by atomic mass is 9.99. The lowest BCUT2D eigenvalue weighted by Crippen LogP contribution is -2.40. The molecular weight excluding hydrogens is 350 g/mol. The van der Waals surface area contributed by atoms with Crippen molar-refractivity contribution in [3.05, 3.63) is 95.6 Å². The molecule has 4 heteroatoms. The zero-order valence-electron chi connectivity index (χ0n) is 15.6. The summed E-state index contributed by atoms with van der Waals surface area (Å²) in [5.74, 6) is 1.39. The Morgan fingerprint density at radius 3 is 2.43 bits per heavy atom. The molecule has 4 rings (SSSR count). The summed E-state index contributed by atoms with van der Waals surface area (Å²) in [5.41, 5.74) is 3.04. The van der Waals surface area contributed by atoms with Crippen LogP contribution in [0.1, 0.15) is 21.5 Å². The number of carbonyl (C=O) groups is 1. The molecule has 142 valence electrons. The highest BCUT2D eigenvalue weighted by atomic mass is 16.6. The fourth-order valence-corrected chi connectivity index (χ4v) is 3.35. The first-order valence-electron chi connectivity index (χ1n) is 9.58. The number of amides is 1. The molecule has 4 nitrogen and oxygen atoms in total. The second-order valence-corrected chi connectivity index (χ2v) is 6.85. The lowest BCUT2D eigenvalue weighted by Gasteiger charge is -2.26. The van der Waals surface area contributed by atoms with Crippen LogP contribution in [0.3, 0.4) is 0 Å². The SMILES string of the molecule is O=C(NCC1COc2ccccc2O1)c1ccccc1CCc1ccccc1. The minimum Gasteiger partial charge on any atom is -0.486 e. The number of aryl methyl sites for hydroxylation is 2. The number of hydrogen-bond acceptors (Lipinski definition) is 3. The van der Waals surface area contributed by atoms with Gasteiger partial charge in [0.05, 0.1) is 6.54 Å². The number of para-hydroxylation sites is 2. The Bertz CT molecular complexity index is 939. The van der Waals surface area contributed by atoms with Crippen molar-refractivity contribution in [1.29, 1.82) is 0 Å². The van der Waals surface area contributed by atoms with Gasteiger partial charge < -0.3 is 14.8 Å². The fourth-order valence-electron chi connectivity index (χ4n) is 3.35. The van der Waals surface area contributed by atoms with E-state index in [1.807, 2.05) is 66.7 Å². The first kappa shape index (κ1) is 18.1. The van der Waals surface area contributed by atoms with Gasteiger partial charge in [0.25, 0.3) is 5.91 Å². The summed E-state index contributed by atoms with van der Waals surface area (Å²) in [6.45, 7) is 0.827. The summed E-state index contributed by atoms with van der Waals surface area (Å²) in [4.78, 5) is 12.8. The largest absolute Gasteiger partial charge is 0.486 e. The van der Waals surface area contributed by atoms with Crippen molar-refractivity contribution < 1.29 is 14.3 Å². The molecule has 28 heavy (non-hydrogen) atoms. The van der Waals surface area contributed by atoms with E-state index in [9.17, 15) is 4.79 Å². The zero-order chi connectivity index (χ0) is 19.2. The van der Waals surface area contributed by atoms with E-state index in [-0.39, 0.29) is 12.0 Å². The molecule has 0 spiro atoms. The number of rotatable bonds is 6. The van der Waals surface area contributed by atoms with Gasteiger partial charge in [-0.1, -0.05) is 60.7 Å². The van der Waals surface area contributed by atoms with Crippen molar-refractivity contribution in [1.82, 2.24) is 5.32 Å². The summed E-state index contributed by atoms with van der Waals surface area (Å²) in [6, 6.07) is 25.7. The number of fused-ring (bicyclic) bond motifs is 1. The first-order chi connectivity index (χ1) is 13.8. The molecule has 1 unspecified atom stereocenters. The predicted octanol–water partition coefficient (Wildman–Crippen LogP) is 4.04. The molecule has 1 heterocycles. The highest BCUT2D eigenvalue weighted by Gasteiger charge is 2.21. The van der Waals surface area contributed by atoms with Crippen molar-refractivity contribution >= 4 is 5.91 Å². The van der Waals surface area contributed by atoms with Crippen molar-refractivity contribution in [3.63, 3.8) is 0 Å². The van der Waals surface area contributed by atoms with Gasteiger partial charge in [0, 0.05) is 5.56 Å². The van der Waals surface area contributed by atoms with Gasteiger partial charge in [-0.05, 0) is 42.2 Å². The van der Waals surface area contributed by atoms with Crippen molar-refractivity contribution in [2.75, 3.05) is 13.2 Å². The van der Waals surface area contributed by atoms with Gasteiger partial charge in [-0.15, -0.1) is 0 Å². The molecule has 0 saturated carbocycles. The van der Waals surface area contributed by atoms with Crippen LogP contribution in [0, 0.1) is 0 Å². The van der Waals surface area contributed by atoms with Crippen LogP contribution in [0.5, 0.6) is 11.5 Å². The normalized spacial score (nSPS) is 15.1.